The summed E-state index contributed by atoms with van der Waals surface area (Å²) < 4.78 is 3.24. The van der Waals surface area contributed by atoms with Gasteiger partial charge in [0.2, 0.25) is 0 Å². The number of aryl methyl sites for hydroxylation is 1. The third-order valence-corrected chi connectivity index (χ3v) is 3.02. The number of hydrogen-bond acceptors (Lipinski definition) is 2. The summed E-state index contributed by atoms with van der Waals surface area (Å²) in [6, 6.07) is 8.85. The predicted octanol–water partition coefficient (Wildman–Crippen LogP) is 3.65. The second kappa shape index (κ2) is 6.91. The van der Waals surface area contributed by atoms with Gasteiger partial charge in [0, 0.05) is 11.4 Å². The molecule has 0 aliphatic rings. The van der Waals surface area contributed by atoms with Gasteiger partial charge >= 0.3 is 0 Å². The molecule has 0 radical (unpaired) electrons. The summed E-state index contributed by atoms with van der Waals surface area (Å²) in [6.07, 6.45) is 3.77. The molecule has 1 N–H and O–H groups in total. The van der Waals surface area contributed by atoms with Crippen molar-refractivity contribution in [1.82, 2.24) is 4.72 Å². The molecule has 0 bridgehead atoms. The summed E-state index contributed by atoms with van der Waals surface area (Å²) in [5.74, 6) is 0. The molecular weight excluding hydrogens is 190 g/mol. The minimum Gasteiger partial charge on any atom is -0.260 e. The largest absolute Gasteiger partial charge is 0.260 e. The summed E-state index contributed by atoms with van der Waals surface area (Å²) in [6.45, 7) is 5.35. The molecule has 1 rings (SSSR count). The van der Waals surface area contributed by atoms with Crippen molar-refractivity contribution in [2.24, 2.45) is 0 Å². The lowest BCUT2D eigenvalue weighted by Crippen LogP contribution is -1.99. The average Bonchev–Trinajstić information content (AvgIpc) is 2.25. The topological polar surface area (TPSA) is 12.0 Å². The Hall–Kier alpha value is -0.470. The summed E-state index contributed by atoms with van der Waals surface area (Å²) >= 11 is 1.70. The molecule has 0 aliphatic heterocycles. The second-order valence-electron chi connectivity index (χ2n) is 3.35. The van der Waals surface area contributed by atoms with Crippen molar-refractivity contribution in [2.75, 3.05) is 6.54 Å². The van der Waals surface area contributed by atoms with Gasteiger partial charge in [-0.1, -0.05) is 32.4 Å². The standard InChI is InChI=1S/C12H19NS/c1-3-5-6-11-7-9-12(10-8-11)14-13-4-2/h7-10,13H,3-6H2,1-2H3. The molecule has 14 heavy (non-hydrogen) atoms. The first-order valence-electron chi connectivity index (χ1n) is 5.35. The van der Waals surface area contributed by atoms with Crippen LogP contribution in [0.2, 0.25) is 0 Å². The highest BCUT2D eigenvalue weighted by Crippen LogP contribution is 2.15. The van der Waals surface area contributed by atoms with Crippen LogP contribution in [0, 0.1) is 0 Å². The quantitative estimate of drug-likeness (QED) is 0.718. The van der Waals surface area contributed by atoms with Crippen LogP contribution >= 0.6 is 11.9 Å². The molecule has 0 aliphatic carbocycles. The lowest BCUT2D eigenvalue weighted by Gasteiger charge is -2.03. The highest BCUT2D eigenvalue weighted by molar-refractivity contribution is 7.97. The van der Waals surface area contributed by atoms with Crippen LogP contribution in [0.25, 0.3) is 0 Å². The summed E-state index contributed by atoms with van der Waals surface area (Å²) in [4.78, 5) is 1.30. The monoisotopic (exact) mass is 209 g/mol. The summed E-state index contributed by atoms with van der Waals surface area (Å²) in [7, 11) is 0. The zero-order valence-electron chi connectivity index (χ0n) is 9.05. The van der Waals surface area contributed by atoms with Crippen molar-refractivity contribution in [3.05, 3.63) is 29.8 Å². The number of unbranched alkanes of at least 4 members (excludes halogenated alkanes) is 1. The first-order chi connectivity index (χ1) is 6.86. The van der Waals surface area contributed by atoms with E-state index in [0.29, 0.717) is 0 Å². The van der Waals surface area contributed by atoms with Crippen LogP contribution < -0.4 is 4.72 Å². The summed E-state index contributed by atoms with van der Waals surface area (Å²) in [5, 5.41) is 0. The molecular formula is C12H19NS. The number of benzene rings is 1. The van der Waals surface area contributed by atoms with Crippen molar-refractivity contribution >= 4 is 11.9 Å². The fourth-order valence-electron chi connectivity index (χ4n) is 1.26. The van der Waals surface area contributed by atoms with Crippen LogP contribution in [-0.4, -0.2) is 6.54 Å². The van der Waals surface area contributed by atoms with Gasteiger partial charge in [0.25, 0.3) is 0 Å². The molecule has 78 valence electrons. The third-order valence-electron chi connectivity index (χ3n) is 2.08. The maximum atomic E-state index is 3.24. The molecule has 0 atom stereocenters. The van der Waals surface area contributed by atoms with E-state index in [-0.39, 0.29) is 0 Å². The van der Waals surface area contributed by atoms with Crippen molar-refractivity contribution < 1.29 is 0 Å². The molecule has 0 fully saturated rings. The van der Waals surface area contributed by atoms with Gasteiger partial charge < -0.3 is 0 Å². The molecule has 1 nitrogen and oxygen atoms in total. The highest BCUT2D eigenvalue weighted by atomic mass is 32.2. The molecule has 0 aromatic heterocycles. The van der Waals surface area contributed by atoms with E-state index >= 15 is 0 Å². The molecule has 0 heterocycles. The molecule has 0 unspecified atom stereocenters. The van der Waals surface area contributed by atoms with Gasteiger partial charge in [-0.3, -0.25) is 4.72 Å². The van der Waals surface area contributed by atoms with Gasteiger partial charge in [-0.2, -0.15) is 0 Å². The smallest absolute Gasteiger partial charge is 0.0228 e. The molecule has 0 amide bonds. The van der Waals surface area contributed by atoms with Crippen LogP contribution in [0.15, 0.2) is 29.2 Å². The third kappa shape index (κ3) is 4.16. The van der Waals surface area contributed by atoms with E-state index in [1.54, 1.807) is 11.9 Å². The van der Waals surface area contributed by atoms with Gasteiger partial charge in [-0.15, -0.1) is 0 Å². The molecule has 0 saturated carbocycles. The Balaban J connectivity index is 2.42. The van der Waals surface area contributed by atoms with Gasteiger partial charge in [-0.25, -0.2) is 0 Å². The Labute approximate surface area is 91.4 Å². The normalized spacial score (nSPS) is 10.4. The first kappa shape index (κ1) is 11.6. The minimum atomic E-state index is 1.00. The average molecular weight is 209 g/mol. The Morgan fingerprint density at radius 1 is 1.14 bits per heavy atom. The Kier molecular flexibility index (Phi) is 5.72. The van der Waals surface area contributed by atoms with E-state index in [1.165, 1.54) is 29.7 Å². The zero-order valence-corrected chi connectivity index (χ0v) is 9.86. The molecule has 0 spiro atoms. The van der Waals surface area contributed by atoms with Crippen molar-refractivity contribution in [3.8, 4) is 0 Å². The number of hydrogen-bond donors (Lipinski definition) is 1. The minimum absolute atomic E-state index is 1.00. The number of nitrogens with one attached hydrogen (secondary N) is 1. The van der Waals surface area contributed by atoms with Crippen LogP contribution in [0.3, 0.4) is 0 Å². The van der Waals surface area contributed by atoms with Gasteiger partial charge in [0.15, 0.2) is 0 Å². The van der Waals surface area contributed by atoms with Crippen LogP contribution in [0.1, 0.15) is 32.3 Å². The van der Waals surface area contributed by atoms with Crippen molar-refractivity contribution in [1.29, 1.82) is 0 Å². The molecule has 1 aromatic carbocycles. The maximum Gasteiger partial charge on any atom is 0.0228 e. The zero-order chi connectivity index (χ0) is 10.2. The summed E-state index contributed by atoms with van der Waals surface area (Å²) in [5.41, 5.74) is 1.45. The van der Waals surface area contributed by atoms with Crippen LogP contribution in [-0.2, 0) is 6.42 Å². The Morgan fingerprint density at radius 3 is 2.43 bits per heavy atom. The number of rotatable bonds is 6. The fourth-order valence-corrected chi connectivity index (χ4v) is 1.84. The van der Waals surface area contributed by atoms with Crippen LogP contribution in [0.5, 0.6) is 0 Å². The van der Waals surface area contributed by atoms with E-state index in [1.807, 2.05) is 0 Å². The SMILES string of the molecule is CCCCc1ccc(SNCC)cc1. The van der Waals surface area contributed by atoms with E-state index in [2.05, 4.69) is 42.8 Å². The van der Waals surface area contributed by atoms with Gasteiger partial charge in [0.1, 0.15) is 0 Å². The predicted molar refractivity (Wildman–Crippen MR) is 64.6 cm³/mol. The van der Waals surface area contributed by atoms with Crippen molar-refractivity contribution in [2.45, 2.75) is 38.0 Å². The molecule has 0 saturated heterocycles. The highest BCUT2D eigenvalue weighted by Gasteiger charge is 1.94. The Morgan fingerprint density at radius 2 is 1.86 bits per heavy atom. The van der Waals surface area contributed by atoms with Gasteiger partial charge in [0.05, 0.1) is 0 Å². The van der Waals surface area contributed by atoms with E-state index in [0.717, 1.165) is 6.54 Å². The van der Waals surface area contributed by atoms with E-state index in [9.17, 15) is 0 Å². The van der Waals surface area contributed by atoms with Crippen LogP contribution in [0.4, 0.5) is 0 Å². The Bertz CT molecular complexity index is 216. The second-order valence-corrected chi connectivity index (χ2v) is 4.31. The lowest BCUT2D eigenvalue weighted by molar-refractivity contribution is 0.794. The maximum absolute atomic E-state index is 3.24. The van der Waals surface area contributed by atoms with E-state index < -0.39 is 0 Å². The lowest BCUT2D eigenvalue weighted by atomic mass is 10.1. The molecule has 1 aromatic rings. The first-order valence-corrected chi connectivity index (χ1v) is 6.17. The van der Waals surface area contributed by atoms with E-state index in [4.69, 9.17) is 0 Å². The fraction of sp³-hybridized carbons (Fsp3) is 0.500. The van der Waals surface area contributed by atoms with Crippen molar-refractivity contribution in [3.63, 3.8) is 0 Å². The van der Waals surface area contributed by atoms with Gasteiger partial charge in [-0.05, 0) is 42.5 Å². The molecule has 2 heteroatoms.